The lowest BCUT2D eigenvalue weighted by atomic mass is 10.1. The number of ketones is 1. The van der Waals surface area contributed by atoms with Gasteiger partial charge in [-0.05, 0) is 38.1 Å². The van der Waals surface area contributed by atoms with Gasteiger partial charge in [0.15, 0.2) is 5.78 Å². The van der Waals surface area contributed by atoms with Crippen LogP contribution in [0.2, 0.25) is 0 Å². The van der Waals surface area contributed by atoms with Crippen molar-refractivity contribution < 1.29 is 4.79 Å². The maximum atomic E-state index is 12.1. The lowest BCUT2D eigenvalue weighted by Gasteiger charge is -2.30. The molecule has 2 rings (SSSR count). The van der Waals surface area contributed by atoms with Crippen molar-refractivity contribution in [2.75, 3.05) is 31.6 Å². The minimum absolute atomic E-state index is 0.228. The third kappa shape index (κ3) is 3.21. The minimum Gasteiger partial charge on any atom is -0.372 e. The Morgan fingerprint density at radius 1 is 1.35 bits per heavy atom. The summed E-state index contributed by atoms with van der Waals surface area (Å²) in [6, 6.07) is 8.60. The maximum Gasteiger partial charge on any atom is 0.164 e. The van der Waals surface area contributed by atoms with Crippen LogP contribution in [0.4, 0.5) is 5.69 Å². The molecule has 0 saturated carbocycles. The van der Waals surface area contributed by atoms with Crippen molar-refractivity contribution in [3.05, 3.63) is 29.8 Å². The van der Waals surface area contributed by atoms with Crippen molar-refractivity contribution in [1.29, 1.82) is 0 Å². The average Bonchev–Trinajstić information content (AvgIpc) is 2.93. The van der Waals surface area contributed by atoms with Gasteiger partial charge in [0.2, 0.25) is 0 Å². The number of anilines is 1. The number of hydrogen-bond donors (Lipinski definition) is 0. The summed E-state index contributed by atoms with van der Waals surface area (Å²) in [5, 5.41) is 0. The van der Waals surface area contributed by atoms with Crippen molar-refractivity contribution in [3.63, 3.8) is 0 Å². The lowest BCUT2D eigenvalue weighted by molar-refractivity contribution is 0.0988. The minimum atomic E-state index is 0.228. The second-order valence-electron chi connectivity index (χ2n) is 5.60. The van der Waals surface area contributed by atoms with Gasteiger partial charge in [0, 0.05) is 37.3 Å². The van der Waals surface area contributed by atoms with Crippen LogP contribution < -0.4 is 4.90 Å². The Kier molecular flexibility index (Phi) is 5.18. The summed E-state index contributed by atoms with van der Waals surface area (Å²) in [4.78, 5) is 16.9. The number of Topliss-reactive ketones (excluding diaryl/α,β-unsaturated/α-hetero) is 1. The Balaban J connectivity index is 2.13. The van der Waals surface area contributed by atoms with Crippen LogP contribution in [-0.4, -0.2) is 43.4 Å². The molecule has 0 amide bonds. The zero-order valence-electron chi connectivity index (χ0n) is 12.9. The fourth-order valence-electron chi connectivity index (χ4n) is 3.17. The third-order valence-electron chi connectivity index (χ3n) is 4.33. The molecule has 1 atom stereocenters. The molecule has 1 heterocycles. The summed E-state index contributed by atoms with van der Waals surface area (Å²) in [5.74, 6) is 0.228. The van der Waals surface area contributed by atoms with Gasteiger partial charge >= 0.3 is 0 Å². The van der Waals surface area contributed by atoms with Gasteiger partial charge in [-0.15, -0.1) is 0 Å². The quantitative estimate of drug-likeness (QED) is 0.744. The normalized spacial score (nSPS) is 19.2. The maximum absolute atomic E-state index is 12.1. The van der Waals surface area contributed by atoms with Crippen LogP contribution >= 0.6 is 0 Å². The molecule has 1 unspecified atom stereocenters. The van der Waals surface area contributed by atoms with E-state index in [4.69, 9.17) is 0 Å². The topological polar surface area (TPSA) is 23.6 Å². The molecule has 0 aliphatic carbocycles. The highest BCUT2D eigenvalue weighted by Crippen LogP contribution is 2.24. The molecule has 20 heavy (non-hydrogen) atoms. The molecule has 1 aromatic carbocycles. The zero-order valence-corrected chi connectivity index (χ0v) is 12.9. The van der Waals surface area contributed by atoms with Crippen molar-refractivity contribution in [2.45, 2.75) is 39.2 Å². The Morgan fingerprint density at radius 2 is 2.10 bits per heavy atom. The van der Waals surface area contributed by atoms with Gasteiger partial charge in [0.05, 0.1) is 0 Å². The predicted octanol–water partition coefficient (Wildman–Crippen LogP) is 3.20. The first kappa shape index (κ1) is 15.0. The van der Waals surface area contributed by atoms with Crippen LogP contribution in [-0.2, 0) is 0 Å². The summed E-state index contributed by atoms with van der Waals surface area (Å²) >= 11 is 0. The average molecular weight is 274 g/mol. The highest BCUT2D eigenvalue weighted by Gasteiger charge is 2.25. The van der Waals surface area contributed by atoms with Crippen molar-refractivity contribution in [2.24, 2.45) is 0 Å². The van der Waals surface area contributed by atoms with E-state index in [1.807, 2.05) is 25.1 Å². The van der Waals surface area contributed by atoms with Crippen LogP contribution in [0.1, 0.15) is 43.5 Å². The van der Waals surface area contributed by atoms with Crippen molar-refractivity contribution in [1.82, 2.24) is 4.90 Å². The molecule has 1 fully saturated rings. The number of likely N-dealkylation sites (N-methyl/N-ethyl adjacent to an activating group) is 2. The van der Waals surface area contributed by atoms with Gasteiger partial charge in [0.1, 0.15) is 0 Å². The summed E-state index contributed by atoms with van der Waals surface area (Å²) in [5.41, 5.74) is 1.93. The SMILES string of the molecule is CCC(=O)c1ccccc1N(C)CC1CCCN1CC. The standard InChI is InChI=1S/C17H26N2O/c1-4-17(20)15-10-6-7-11-16(15)18(3)13-14-9-8-12-19(14)5-2/h6-7,10-11,14H,4-5,8-9,12-13H2,1-3H3. The molecule has 0 aromatic heterocycles. The first-order chi connectivity index (χ1) is 9.67. The molecular formula is C17H26N2O. The highest BCUT2D eigenvalue weighted by molar-refractivity contribution is 6.01. The summed E-state index contributed by atoms with van der Waals surface area (Å²) < 4.78 is 0. The molecule has 1 aliphatic rings. The summed E-state index contributed by atoms with van der Waals surface area (Å²) in [7, 11) is 2.11. The molecule has 1 aromatic rings. The van der Waals surface area contributed by atoms with Crippen LogP contribution in [0.15, 0.2) is 24.3 Å². The molecule has 0 bridgehead atoms. The molecule has 0 N–H and O–H groups in total. The highest BCUT2D eigenvalue weighted by atomic mass is 16.1. The Hall–Kier alpha value is -1.35. The number of nitrogens with zero attached hydrogens (tertiary/aromatic N) is 2. The molecule has 1 aliphatic heterocycles. The van der Waals surface area contributed by atoms with E-state index in [2.05, 4.69) is 29.8 Å². The van der Waals surface area contributed by atoms with Gasteiger partial charge in [-0.2, -0.15) is 0 Å². The molecular weight excluding hydrogens is 248 g/mol. The van der Waals surface area contributed by atoms with Crippen LogP contribution in [0.3, 0.4) is 0 Å². The Bertz CT molecular complexity index is 458. The second kappa shape index (κ2) is 6.89. The largest absolute Gasteiger partial charge is 0.372 e. The molecule has 0 radical (unpaired) electrons. The molecule has 3 heteroatoms. The van der Waals surface area contributed by atoms with E-state index < -0.39 is 0 Å². The number of benzene rings is 1. The van der Waals surface area contributed by atoms with E-state index in [0.717, 1.165) is 24.3 Å². The monoisotopic (exact) mass is 274 g/mol. The van der Waals surface area contributed by atoms with E-state index in [9.17, 15) is 4.79 Å². The van der Waals surface area contributed by atoms with Gasteiger partial charge in [0.25, 0.3) is 0 Å². The number of carbonyl (C=O) groups excluding carboxylic acids is 1. The van der Waals surface area contributed by atoms with Crippen LogP contribution in [0.5, 0.6) is 0 Å². The van der Waals surface area contributed by atoms with Gasteiger partial charge < -0.3 is 4.90 Å². The zero-order chi connectivity index (χ0) is 14.5. The predicted molar refractivity (Wildman–Crippen MR) is 84.6 cm³/mol. The van der Waals surface area contributed by atoms with E-state index in [1.165, 1.54) is 19.4 Å². The summed E-state index contributed by atoms with van der Waals surface area (Å²) in [6.07, 6.45) is 3.12. The fraction of sp³-hybridized carbons (Fsp3) is 0.588. The van der Waals surface area contributed by atoms with Gasteiger partial charge in [-0.1, -0.05) is 26.0 Å². The molecule has 3 nitrogen and oxygen atoms in total. The van der Waals surface area contributed by atoms with E-state index in [0.29, 0.717) is 12.5 Å². The van der Waals surface area contributed by atoms with Crippen molar-refractivity contribution >= 4 is 11.5 Å². The Labute approximate surface area is 122 Å². The van der Waals surface area contributed by atoms with Gasteiger partial charge in [-0.25, -0.2) is 0 Å². The number of para-hydroxylation sites is 1. The third-order valence-corrected chi connectivity index (χ3v) is 4.33. The van der Waals surface area contributed by atoms with E-state index in [1.54, 1.807) is 0 Å². The number of carbonyl (C=O) groups is 1. The van der Waals surface area contributed by atoms with E-state index in [-0.39, 0.29) is 5.78 Å². The Morgan fingerprint density at radius 3 is 2.80 bits per heavy atom. The number of rotatable bonds is 6. The number of likely N-dealkylation sites (tertiary alicyclic amines) is 1. The summed E-state index contributed by atoms with van der Waals surface area (Å²) in [6.45, 7) is 7.49. The van der Waals surface area contributed by atoms with Crippen LogP contribution in [0, 0.1) is 0 Å². The lowest BCUT2D eigenvalue weighted by Crippen LogP contribution is -2.39. The molecule has 110 valence electrons. The first-order valence-electron chi connectivity index (χ1n) is 7.74. The fourth-order valence-corrected chi connectivity index (χ4v) is 3.17. The van der Waals surface area contributed by atoms with Crippen molar-refractivity contribution in [3.8, 4) is 0 Å². The molecule has 1 saturated heterocycles. The second-order valence-corrected chi connectivity index (χ2v) is 5.60. The van der Waals surface area contributed by atoms with Crippen LogP contribution in [0.25, 0.3) is 0 Å². The van der Waals surface area contributed by atoms with Gasteiger partial charge in [-0.3, -0.25) is 9.69 Å². The smallest absolute Gasteiger partial charge is 0.164 e. The van der Waals surface area contributed by atoms with E-state index >= 15 is 0 Å². The first-order valence-corrected chi connectivity index (χ1v) is 7.74. The number of hydrogen-bond acceptors (Lipinski definition) is 3. The molecule has 0 spiro atoms.